The third-order valence-corrected chi connectivity index (χ3v) is 5.36. The summed E-state index contributed by atoms with van der Waals surface area (Å²) in [7, 11) is 0. The lowest BCUT2D eigenvalue weighted by atomic mass is 9.95. The molecule has 2 heteroatoms. The van der Waals surface area contributed by atoms with Gasteiger partial charge in [-0.25, -0.2) is 0 Å². The smallest absolute Gasteiger partial charge is 0.0489 e. The molecular weight excluding hydrogens is 268 g/mol. The van der Waals surface area contributed by atoms with Gasteiger partial charge in [0.1, 0.15) is 0 Å². The normalized spacial score (nSPS) is 14.2. The molecule has 1 aromatic heterocycles. The Hall–Kier alpha value is 0.180. The van der Waals surface area contributed by atoms with Crippen LogP contribution in [-0.2, 0) is 5.41 Å². The Balaban J connectivity index is 2.67. The Morgan fingerprint density at radius 3 is 2.47 bits per heavy atom. The predicted molar refractivity (Wildman–Crippen MR) is 74.2 cm³/mol. The molecule has 0 spiro atoms. The fraction of sp³-hybridized carbons (Fsp3) is 0.692. The van der Waals surface area contributed by atoms with Crippen molar-refractivity contribution in [1.82, 2.24) is 0 Å². The largest absolute Gasteiger partial charge is 0.144 e. The van der Waals surface area contributed by atoms with Gasteiger partial charge >= 0.3 is 0 Å². The molecule has 0 aliphatic heterocycles. The van der Waals surface area contributed by atoms with Crippen LogP contribution in [0, 0.1) is 0 Å². The number of hydrogen-bond acceptors (Lipinski definition) is 1. The molecule has 1 aromatic rings. The molecule has 1 unspecified atom stereocenters. The predicted octanol–water partition coefficient (Wildman–Crippen LogP) is 5.67. The number of thiophene rings is 1. The van der Waals surface area contributed by atoms with Gasteiger partial charge in [0.25, 0.3) is 0 Å². The van der Waals surface area contributed by atoms with Crippen molar-refractivity contribution < 1.29 is 0 Å². The minimum absolute atomic E-state index is 0.292. The van der Waals surface area contributed by atoms with Crippen LogP contribution in [0.5, 0.6) is 0 Å². The first-order valence-corrected chi connectivity index (χ1v) is 7.42. The molecule has 0 N–H and O–H groups in total. The van der Waals surface area contributed by atoms with E-state index in [-0.39, 0.29) is 0 Å². The highest BCUT2D eigenvalue weighted by atomic mass is 79.9. The molecule has 15 heavy (non-hydrogen) atoms. The molecule has 0 bridgehead atoms. The van der Waals surface area contributed by atoms with Crippen LogP contribution in [0.4, 0.5) is 0 Å². The Bertz CT molecular complexity index is 296. The van der Waals surface area contributed by atoms with E-state index in [2.05, 4.69) is 55.8 Å². The van der Waals surface area contributed by atoms with Crippen LogP contribution in [0.3, 0.4) is 0 Å². The van der Waals surface area contributed by atoms with E-state index >= 15 is 0 Å². The van der Waals surface area contributed by atoms with Crippen LogP contribution in [0.15, 0.2) is 12.1 Å². The number of hydrogen-bond donors (Lipinski definition) is 0. The number of alkyl halides is 1. The SMILES string of the molecule is CCCCC(Br)c1ccc(C(C)(C)C)s1. The van der Waals surface area contributed by atoms with E-state index in [0.29, 0.717) is 10.2 Å². The zero-order valence-electron chi connectivity index (χ0n) is 10.1. The van der Waals surface area contributed by atoms with Crippen LogP contribution in [0.2, 0.25) is 0 Å². The monoisotopic (exact) mass is 288 g/mol. The first-order valence-electron chi connectivity index (χ1n) is 5.69. The van der Waals surface area contributed by atoms with Gasteiger partial charge in [0.05, 0.1) is 0 Å². The maximum absolute atomic E-state index is 3.78. The van der Waals surface area contributed by atoms with Crippen molar-refractivity contribution in [2.45, 2.75) is 57.2 Å². The molecule has 0 amide bonds. The Kier molecular flexibility index (Phi) is 4.85. The van der Waals surface area contributed by atoms with Crippen molar-refractivity contribution in [2.75, 3.05) is 0 Å². The van der Waals surface area contributed by atoms with Crippen molar-refractivity contribution >= 4 is 27.3 Å². The Morgan fingerprint density at radius 1 is 1.33 bits per heavy atom. The van der Waals surface area contributed by atoms with E-state index in [4.69, 9.17) is 0 Å². The van der Waals surface area contributed by atoms with E-state index in [9.17, 15) is 0 Å². The molecule has 0 fully saturated rings. The molecule has 0 nitrogen and oxygen atoms in total. The van der Waals surface area contributed by atoms with Crippen molar-refractivity contribution in [3.8, 4) is 0 Å². The molecule has 0 saturated carbocycles. The zero-order chi connectivity index (χ0) is 11.5. The highest BCUT2D eigenvalue weighted by Crippen LogP contribution is 2.37. The van der Waals surface area contributed by atoms with Crippen LogP contribution >= 0.6 is 27.3 Å². The summed E-state index contributed by atoms with van der Waals surface area (Å²) < 4.78 is 0. The van der Waals surface area contributed by atoms with Gasteiger partial charge in [-0.05, 0) is 24.0 Å². The molecule has 0 aliphatic rings. The van der Waals surface area contributed by atoms with Crippen LogP contribution < -0.4 is 0 Å². The lowest BCUT2D eigenvalue weighted by Crippen LogP contribution is -2.07. The third-order valence-electron chi connectivity index (χ3n) is 2.49. The Labute approximate surface area is 106 Å². The maximum atomic E-state index is 3.78. The fourth-order valence-electron chi connectivity index (χ4n) is 1.45. The second kappa shape index (κ2) is 5.49. The standard InChI is InChI=1S/C13H21BrS/c1-5-6-7-10(14)11-8-9-12(15-11)13(2,3)4/h8-10H,5-7H2,1-4H3. The number of unbranched alkanes of at least 4 members (excludes halogenated alkanes) is 1. The summed E-state index contributed by atoms with van der Waals surface area (Å²) in [6.45, 7) is 9.07. The summed E-state index contributed by atoms with van der Waals surface area (Å²) in [4.78, 5) is 3.52. The molecule has 86 valence electrons. The van der Waals surface area contributed by atoms with Gasteiger partial charge in [-0.2, -0.15) is 0 Å². The van der Waals surface area contributed by atoms with E-state index < -0.39 is 0 Å². The molecule has 0 saturated heterocycles. The summed E-state index contributed by atoms with van der Waals surface area (Å²) in [6, 6.07) is 4.56. The third kappa shape index (κ3) is 3.92. The molecular formula is C13H21BrS. The van der Waals surface area contributed by atoms with Gasteiger partial charge in [-0.3, -0.25) is 0 Å². The van der Waals surface area contributed by atoms with Crippen molar-refractivity contribution in [1.29, 1.82) is 0 Å². The van der Waals surface area contributed by atoms with Crippen LogP contribution in [0.25, 0.3) is 0 Å². The first-order chi connectivity index (χ1) is 6.95. The van der Waals surface area contributed by atoms with Gasteiger partial charge in [0, 0.05) is 14.6 Å². The highest BCUT2D eigenvalue weighted by Gasteiger charge is 2.18. The summed E-state index contributed by atoms with van der Waals surface area (Å²) in [5.41, 5.74) is 0.292. The quantitative estimate of drug-likeness (QED) is 0.626. The topological polar surface area (TPSA) is 0 Å². The summed E-state index contributed by atoms with van der Waals surface area (Å²) in [5, 5.41) is 0. The zero-order valence-corrected chi connectivity index (χ0v) is 12.5. The molecule has 1 rings (SSSR count). The van der Waals surface area contributed by atoms with E-state index in [1.807, 2.05) is 11.3 Å². The van der Waals surface area contributed by atoms with Gasteiger partial charge in [-0.15, -0.1) is 11.3 Å². The Morgan fingerprint density at radius 2 is 2.00 bits per heavy atom. The number of halogens is 1. The molecule has 1 heterocycles. The number of rotatable bonds is 4. The molecule has 0 radical (unpaired) electrons. The second-order valence-electron chi connectivity index (χ2n) is 5.06. The van der Waals surface area contributed by atoms with Crippen molar-refractivity contribution in [2.24, 2.45) is 0 Å². The van der Waals surface area contributed by atoms with Gasteiger partial charge in [-0.1, -0.05) is 56.5 Å². The van der Waals surface area contributed by atoms with E-state index in [1.54, 1.807) is 0 Å². The lowest BCUT2D eigenvalue weighted by Gasteiger charge is -2.15. The summed E-state index contributed by atoms with van der Waals surface area (Å²) in [5.74, 6) is 0. The maximum Gasteiger partial charge on any atom is 0.0489 e. The fourth-order valence-corrected chi connectivity index (χ4v) is 3.28. The van der Waals surface area contributed by atoms with Gasteiger partial charge < -0.3 is 0 Å². The molecule has 0 aromatic carbocycles. The van der Waals surface area contributed by atoms with Gasteiger partial charge in [0.15, 0.2) is 0 Å². The summed E-state index contributed by atoms with van der Waals surface area (Å²) >= 11 is 5.73. The van der Waals surface area contributed by atoms with E-state index in [1.165, 1.54) is 29.0 Å². The van der Waals surface area contributed by atoms with E-state index in [0.717, 1.165) is 0 Å². The first kappa shape index (κ1) is 13.2. The summed E-state index contributed by atoms with van der Waals surface area (Å²) in [6.07, 6.45) is 3.83. The van der Waals surface area contributed by atoms with Crippen LogP contribution in [0.1, 0.15) is 61.5 Å². The molecule has 0 aliphatic carbocycles. The average molecular weight is 289 g/mol. The molecule has 1 atom stereocenters. The highest BCUT2D eigenvalue weighted by molar-refractivity contribution is 9.09. The van der Waals surface area contributed by atoms with Crippen LogP contribution in [-0.4, -0.2) is 0 Å². The second-order valence-corrected chi connectivity index (χ2v) is 7.28. The lowest BCUT2D eigenvalue weighted by molar-refractivity contribution is 0.604. The minimum Gasteiger partial charge on any atom is -0.144 e. The van der Waals surface area contributed by atoms with Crippen molar-refractivity contribution in [3.63, 3.8) is 0 Å². The van der Waals surface area contributed by atoms with Crippen molar-refractivity contribution in [3.05, 3.63) is 21.9 Å². The van der Waals surface area contributed by atoms with Gasteiger partial charge in [0.2, 0.25) is 0 Å². The average Bonchev–Trinajstić information content (AvgIpc) is 2.62. The minimum atomic E-state index is 0.292.